The minimum Gasteiger partial charge on any atom is -0.330 e. The third kappa shape index (κ3) is 2.15. The van der Waals surface area contributed by atoms with Crippen molar-refractivity contribution < 1.29 is 0 Å². The Hall–Kier alpha value is -1.16. The van der Waals surface area contributed by atoms with Crippen LogP contribution in [0, 0.1) is 0 Å². The highest BCUT2D eigenvalue weighted by molar-refractivity contribution is 5.02. The van der Waals surface area contributed by atoms with Crippen molar-refractivity contribution in [3.8, 4) is 0 Å². The van der Waals surface area contributed by atoms with E-state index in [1.807, 2.05) is 19.9 Å². The van der Waals surface area contributed by atoms with E-state index in [0.717, 1.165) is 12.1 Å². The lowest BCUT2D eigenvalue weighted by Crippen LogP contribution is -2.28. The number of rotatable bonds is 3. The van der Waals surface area contributed by atoms with Crippen molar-refractivity contribution in [2.24, 2.45) is 5.73 Å². The lowest BCUT2D eigenvalue weighted by molar-refractivity contribution is 0.536. The van der Waals surface area contributed by atoms with Crippen LogP contribution < -0.4 is 11.4 Å². The van der Waals surface area contributed by atoms with Crippen LogP contribution in [0.4, 0.5) is 0 Å². The van der Waals surface area contributed by atoms with Crippen molar-refractivity contribution >= 4 is 0 Å². The number of nitrogens with zero attached hydrogens (tertiary/aromatic N) is 2. The van der Waals surface area contributed by atoms with E-state index in [1.165, 1.54) is 6.20 Å². The first-order valence-corrected chi connectivity index (χ1v) is 4.43. The molecule has 0 unspecified atom stereocenters. The largest absolute Gasteiger partial charge is 0.347 e. The molecule has 4 heteroatoms. The third-order valence-electron chi connectivity index (χ3n) is 1.88. The van der Waals surface area contributed by atoms with Crippen molar-refractivity contribution in [1.29, 1.82) is 0 Å². The van der Waals surface area contributed by atoms with Crippen molar-refractivity contribution in [2.45, 2.75) is 26.3 Å². The molecule has 2 N–H and O–H groups in total. The standard InChI is InChI=1S/C9H15N3O/c1-7(2)12-8(3-5-10)4-6-11-9(12)13/h4,6-7H,3,5,10H2,1-2H3. The molecule has 0 aliphatic heterocycles. The molecule has 0 aliphatic carbocycles. The Morgan fingerprint density at radius 2 is 2.31 bits per heavy atom. The summed E-state index contributed by atoms with van der Waals surface area (Å²) in [6.45, 7) is 4.47. The molecule has 0 saturated carbocycles. The smallest absolute Gasteiger partial charge is 0.330 e. The van der Waals surface area contributed by atoms with E-state index in [-0.39, 0.29) is 11.7 Å². The molecule has 1 aromatic heterocycles. The molecule has 72 valence electrons. The lowest BCUT2D eigenvalue weighted by Gasteiger charge is -2.14. The van der Waals surface area contributed by atoms with Gasteiger partial charge in [-0.05, 0) is 26.5 Å². The monoisotopic (exact) mass is 181 g/mol. The van der Waals surface area contributed by atoms with Crippen LogP contribution in [0.2, 0.25) is 0 Å². The van der Waals surface area contributed by atoms with Gasteiger partial charge in [-0.3, -0.25) is 4.57 Å². The minimum atomic E-state index is -0.194. The Morgan fingerprint density at radius 3 is 2.85 bits per heavy atom. The zero-order chi connectivity index (χ0) is 9.84. The van der Waals surface area contributed by atoms with Gasteiger partial charge in [-0.1, -0.05) is 0 Å². The molecule has 4 nitrogen and oxygen atoms in total. The minimum absolute atomic E-state index is 0.141. The first-order chi connectivity index (χ1) is 6.16. The molecule has 0 bridgehead atoms. The summed E-state index contributed by atoms with van der Waals surface area (Å²) in [7, 11) is 0. The summed E-state index contributed by atoms with van der Waals surface area (Å²) in [5, 5.41) is 0. The van der Waals surface area contributed by atoms with Gasteiger partial charge in [0, 0.05) is 24.4 Å². The molecule has 0 aliphatic rings. The Kier molecular flexibility index (Phi) is 3.19. The van der Waals surface area contributed by atoms with Gasteiger partial charge in [0.1, 0.15) is 0 Å². The number of aromatic nitrogens is 2. The van der Waals surface area contributed by atoms with Gasteiger partial charge < -0.3 is 5.73 Å². The fourth-order valence-corrected chi connectivity index (χ4v) is 1.36. The van der Waals surface area contributed by atoms with Crippen molar-refractivity contribution in [1.82, 2.24) is 9.55 Å². The van der Waals surface area contributed by atoms with Crippen molar-refractivity contribution in [3.05, 3.63) is 28.4 Å². The molecule has 0 saturated heterocycles. The van der Waals surface area contributed by atoms with E-state index < -0.39 is 0 Å². The molecule has 0 aromatic carbocycles. The zero-order valence-electron chi connectivity index (χ0n) is 8.03. The lowest BCUT2D eigenvalue weighted by atomic mass is 10.2. The Labute approximate surface area is 77.4 Å². The summed E-state index contributed by atoms with van der Waals surface area (Å²) in [5.74, 6) is 0. The molecule has 0 spiro atoms. The molecule has 1 aromatic rings. The molecular formula is C9H15N3O. The van der Waals surface area contributed by atoms with E-state index >= 15 is 0 Å². The highest BCUT2D eigenvalue weighted by Crippen LogP contribution is 2.04. The van der Waals surface area contributed by atoms with Gasteiger partial charge in [0.15, 0.2) is 0 Å². The second-order valence-electron chi connectivity index (χ2n) is 3.22. The van der Waals surface area contributed by atoms with Gasteiger partial charge in [0.05, 0.1) is 0 Å². The third-order valence-corrected chi connectivity index (χ3v) is 1.88. The summed E-state index contributed by atoms with van der Waals surface area (Å²) >= 11 is 0. The predicted molar refractivity (Wildman–Crippen MR) is 51.6 cm³/mol. The summed E-state index contributed by atoms with van der Waals surface area (Å²) in [6, 6.07) is 1.98. The van der Waals surface area contributed by atoms with Crippen LogP contribution >= 0.6 is 0 Å². The Morgan fingerprint density at radius 1 is 1.62 bits per heavy atom. The van der Waals surface area contributed by atoms with Gasteiger partial charge in [0.25, 0.3) is 0 Å². The maximum absolute atomic E-state index is 11.4. The van der Waals surface area contributed by atoms with Crippen LogP contribution in [0.1, 0.15) is 25.6 Å². The van der Waals surface area contributed by atoms with Crippen LogP contribution in [0.3, 0.4) is 0 Å². The van der Waals surface area contributed by atoms with Gasteiger partial charge in [0.2, 0.25) is 0 Å². The topological polar surface area (TPSA) is 60.9 Å². The van der Waals surface area contributed by atoms with Crippen molar-refractivity contribution in [2.75, 3.05) is 6.54 Å². The van der Waals surface area contributed by atoms with Crippen molar-refractivity contribution in [3.63, 3.8) is 0 Å². The summed E-state index contributed by atoms with van der Waals surface area (Å²) in [6.07, 6.45) is 2.25. The number of hydrogen-bond acceptors (Lipinski definition) is 3. The molecule has 0 radical (unpaired) electrons. The average molecular weight is 181 g/mol. The highest BCUT2D eigenvalue weighted by Gasteiger charge is 2.06. The molecule has 1 heterocycles. The van der Waals surface area contributed by atoms with Crippen LogP contribution in [0.15, 0.2) is 17.1 Å². The predicted octanol–water partition coefficient (Wildman–Crippen LogP) is 0.325. The van der Waals surface area contributed by atoms with Crippen LogP contribution in [0.25, 0.3) is 0 Å². The van der Waals surface area contributed by atoms with Gasteiger partial charge in [-0.25, -0.2) is 9.78 Å². The fraction of sp³-hybridized carbons (Fsp3) is 0.556. The SMILES string of the molecule is CC(C)n1c(CCN)ccnc1=O. The quantitative estimate of drug-likeness (QED) is 0.730. The summed E-state index contributed by atoms with van der Waals surface area (Å²) < 4.78 is 1.67. The molecule has 0 atom stereocenters. The summed E-state index contributed by atoms with van der Waals surface area (Å²) in [4.78, 5) is 15.1. The number of nitrogens with two attached hydrogens (primary N) is 1. The van der Waals surface area contributed by atoms with Gasteiger partial charge in [-0.15, -0.1) is 0 Å². The first-order valence-electron chi connectivity index (χ1n) is 4.43. The molecule has 1 rings (SSSR count). The second kappa shape index (κ2) is 4.18. The average Bonchev–Trinajstić information content (AvgIpc) is 2.04. The van der Waals surface area contributed by atoms with Crippen LogP contribution in [0.5, 0.6) is 0 Å². The van der Waals surface area contributed by atoms with E-state index in [0.29, 0.717) is 6.54 Å². The van der Waals surface area contributed by atoms with Gasteiger partial charge in [-0.2, -0.15) is 0 Å². The Bertz CT molecular complexity index is 330. The molecule has 13 heavy (non-hydrogen) atoms. The summed E-state index contributed by atoms with van der Waals surface area (Å²) in [5.41, 5.74) is 6.21. The Balaban J connectivity index is 3.18. The highest BCUT2D eigenvalue weighted by atomic mass is 16.1. The van der Waals surface area contributed by atoms with E-state index in [9.17, 15) is 4.79 Å². The first kappa shape index (κ1) is 9.92. The second-order valence-corrected chi connectivity index (χ2v) is 3.22. The molecule has 0 fully saturated rings. The van der Waals surface area contributed by atoms with E-state index in [4.69, 9.17) is 5.73 Å². The van der Waals surface area contributed by atoms with Gasteiger partial charge >= 0.3 is 5.69 Å². The molecular weight excluding hydrogens is 166 g/mol. The molecule has 0 amide bonds. The number of hydrogen-bond donors (Lipinski definition) is 1. The zero-order valence-corrected chi connectivity index (χ0v) is 8.03. The maximum atomic E-state index is 11.4. The van der Waals surface area contributed by atoms with E-state index in [2.05, 4.69) is 4.98 Å². The normalized spacial score (nSPS) is 10.8. The fourth-order valence-electron chi connectivity index (χ4n) is 1.36. The van der Waals surface area contributed by atoms with Crippen LogP contribution in [-0.2, 0) is 6.42 Å². The maximum Gasteiger partial charge on any atom is 0.347 e. The van der Waals surface area contributed by atoms with Crippen LogP contribution in [-0.4, -0.2) is 16.1 Å². The van der Waals surface area contributed by atoms with E-state index in [1.54, 1.807) is 4.57 Å².